The monoisotopic (exact) mass is 571 g/mol. The van der Waals surface area contributed by atoms with Gasteiger partial charge in [-0.2, -0.15) is 13.2 Å². The number of hydrogen-bond donors (Lipinski definition) is 0. The van der Waals surface area contributed by atoms with Crippen molar-refractivity contribution >= 4 is 52.6 Å². The molecule has 0 aromatic heterocycles. The van der Waals surface area contributed by atoms with E-state index in [1.807, 2.05) is 36.1 Å². The Balaban J connectivity index is 1.30. The summed E-state index contributed by atoms with van der Waals surface area (Å²) in [5.74, 6) is -0.389. The summed E-state index contributed by atoms with van der Waals surface area (Å²) in [4.78, 5) is 33.1. The number of aryl methyl sites for hydroxylation is 1. The molecular formula is C29H25ClF3N3O2S. The molecule has 1 saturated heterocycles. The lowest BCUT2D eigenvalue weighted by atomic mass is 10.1. The van der Waals surface area contributed by atoms with Crippen LogP contribution in [0.3, 0.4) is 0 Å². The number of thioether (sulfide) groups is 1. The molecule has 10 heteroatoms. The topological polar surface area (TPSA) is 43.9 Å². The molecule has 39 heavy (non-hydrogen) atoms. The minimum absolute atomic E-state index is 0.0998. The summed E-state index contributed by atoms with van der Waals surface area (Å²) in [6, 6.07) is 15.8. The smallest absolute Gasteiger partial charge is 0.368 e. The third-order valence-corrected chi connectivity index (χ3v) is 8.23. The maximum atomic E-state index is 13.3. The number of benzene rings is 3. The van der Waals surface area contributed by atoms with Crippen molar-refractivity contribution in [1.29, 1.82) is 0 Å². The summed E-state index contributed by atoms with van der Waals surface area (Å²) in [5, 5.41) is 0.678. The van der Waals surface area contributed by atoms with Crippen molar-refractivity contribution in [2.45, 2.75) is 18.0 Å². The van der Waals surface area contributed by atoms with E-state index in [1.54, 1.807) is 25.3 Å². The number of hydrogen-bond acceptors (Lipinski definition) is 4. The largest absolute Gasteiger partial charge is 0.416 e. The van der Waals surface area contributed by atoms with E-state index in [0.717, 1.165) is 28.3 Å². The minimum atomic E-state index is -4.42. The Bertz CT molecular complexity index is 1470. The fraction of sp³-hybridized carbons (Fsp3) is 0.241. The molecule has 0 bridgehead atoms. The van der Waals surface area contributed by atoms with E-state index in [2.05, 4.69) is 4.90 Å². The lowest BCUT2D eigenvalue weighted by Gasteiger charge is -2.37. The number of amides is 2. The van der Waals surface area contributed by atoms with E-state index in [4.69, 9.17) is 11.6 Å². The van der Waals surface area contributed by atoms with Gasteiger partial charge in [0.15, 0.2) is 0 Å². The highest BCUT2D eigenvalue weighted by Gasteiger charge is 2.31. The Labute approximate surface area is 233 Å². The van der Waals surface area contributed by atoms with Crippen LogP contribution in [0.15, 0.2) is 70.5 Å². The molecule has 0 N–H and O–H groups in total. The van der Waals surface area contributed by atoms with Crippen molar-refractivity contribution < 1.29 is 22.8 Å². The maximum absolute atomic E-state index is 13.3. The number of anilines is 2. The quantitative estimate of drug-likeness (QED) is 0.327. The molecular weight excluding hydrogens is 547 g/mol. The number of fused-ring (bicyclic) bond motifs is 1. The molecule has 2 amide bonds. The number of halogens is 4. The third-order valence-electron chi connectivity index (χ3n) is 6.92. The number of carbonyl (C=O) groups excluding carboxylic acids is 2. The second kappa shape index (κ2) is 10.6. The van der Waals surface area contributed by atoms with Crippen LogP contribution in [0.5, 0.6) is 0 Å². The number of piperazine rings is 1. The number of likely N-dealkylation sites (N-methyl/N-ethyl adjacent to an activating group) is 1. The Hall–Kier alpha value is -3.43. The van der Waals surface area contributed by atoms with E-state index in [-0.39, 0.29) is 11.8 Å². The summed E-state index contributed by atoms with van der Waals surface area (Å²) in [5.41, 5.74) is 3.07. The Morgan fingerprint density at radius 1 is 0.949 bits per heavy atom. The van der Waals surface area contributed by atoms with Crippen molar-refractivity contribution in [3.63, 3.8) is 0 Å². The van der Waals surface area contributed by atoms with E-state index in [9.17, 15) is 22.8 Å². The predicted molar refractivity (Wildman–Crippen MR) is 149 cm³/mol. The number of nitrogens with zero attached hydrogens (tertiary/aromatic N) is 3. The number of alkyl halides is 3. The highest BCUT2D eigenvalue weighted by molar-refractivity contribution is 8.04. The number of carbonyl (C=O) groups is 2. The van der Waals surface area contributed by atoms with Crippen LogP contribution in [0.2, 0.25) is 5.02 Å². The van der Waals surface area contributed by atoms with Gasteiger partial charge in [0.05, 0.1) is 16.2 Å². The van der Waals surface area contributed by atoms with Gasteiger partial charge in [0.2, 0.25) is 0 Å². The minimum Gasteiger partial charge on any atom is -0.368 e. The van der Waals surface area contributed by atoms with Crippen LogP contribution in [0.1, 0.15) is 27.0 Å². The molecule has 0 unspecified atom stereocenters. The first-order chi connectivity index (χ1) is 18.5. The predicted octanol–water partition coefficient (Wildman–Crippen LogP) is 6.74. The van der Waals surface area contributed by atoms with Gasteiger partial charge < -0.3 is 14.7 Å². The van der Waals surface area contributed by atoms with Crippen LogP contribution >= 0.6 is 23.4 Å². The Morgan fingerprint density at radius 2 is 1.64 bits per heavy atom. The molecule has 202 valence electrons. The lowest BCUT2D eigenvalue weighted by Crippen LogP contribution is -2.49. The molecule has 0 saturated carbocycles. The molecule has 2 aliphatic heterocycles. The van der Waals surface area contributed by atoms with Crippen LogP contribution in [0.4, 0.5) is 24.5 Å². The summed E-state index contributed by atoms with van der Waals surface area (Å²) < 4.78 is 38.6. The highest BCUT2D eigenvalue weighted by atomic mass is 35.5. The summed E-state index contributed by atoms with van der Waals surface area (Å²) in [6.45, 7) is 4.53. The first-order valence-corrected chi connectivity index (χ1v) is 13.5. The van der Waals surface area contributed by atoms with Gasteiger partial charge >= 0.3 is 6.18 Å². The van der Waals surface area contributed by atoms with E-state index in [1.165, 1.54) is 28.8 Å². The second-order valence-electron chi connectivity index (χ2n) is 9.49. The molecule has 0 radical (unpaired) electrons. The first-order valence-electron chi connectivity index (χ1n) is 12.3. The number of rotatable bonds is 3. The van der Waals surface area contributed by atoms with Crippen molar-refractivity contribution in [2.75, 3.05) is 43.0 Å². The van der Waals surface area contributed by atoms with Gasteiger partial charge in [-0.3, -0.25) is 9.59 Å². The highest BCUT2D eigenvalue weighted by Crippen LogP contribution is 2.42. The Kier molecular flexibility index (Phi) is 7.39. The lowest BCUT2D eigenvalue weighted by molar-refractivity contribution is -0.137. The van der Waals surface area contributed by atoms with Gasteiger partial charge in [-0.1, -0.05) is 41.6 Å². The SMILES string of the molecule is Cc1ccc(Cl)cc1N1CCN(C(=O)c2ccc3c(c2)N(C)C(=O)C(=Cc2ccc(C(F)(F)F)cc2)S3)CC1. The molecule has 5 rings (SSSR count). The van der Waals surface area contributed by atoms with E-state index >= 15 is 0 Å². The molecule has 0 atom stereocenters. The standard InChI is InChI=1S/C29H25ClF3N3O2S/c1-18-3-9-22(30)17-23(18)35-11-13-36(14-12-35)27(37)20-6-10-25-24(16-20)34(2)28(38)26(39-25)15-19-4-7-21(8-5-19)29(31,32)33/h3-10,15-17H,11-14H2,1-2H3. The second-order valence-corrected chi connectivity index (χ2v) is 11.0. The summed E-state index contributed by atoms with van der Waals surface area (Å²) in [7, 11) is 1.63. The van der Waals surface area contributed by atoms with Crippen molar-refractivity contribution in [2.24, 2.45) is 0 Å². The third kappa shape index (κ3) is 5.65. The van der Waals surface area contributed by atoms with Crippen molar-refractivity contribution in [3.05, 3.63) is 92.8 Å². The average molecular weight is 572 g/mol. The van der Waals surface area contributed by atoms with Gasteiger partial charge in [0, 0.05) is 54.4 Å². The van der Waals surface area contributed by atoms with Gasteiger partial charge in [-0.15, -0.1) is 0 Å². The van der Waals surface area contributed by atoms with Crippen LogP contribution < -0.4 is 9.80 Å². The van der Waals surface area contributed by atoms with E-state index < -0.39 is 11.7 Å². The molecule has 5 nitrogen and oxygen atoms in total. The molecule has 2 heterocycles. The van der Waals surface area contributed by atoms with Gasteiger partial charge in [0.1, 0.15) is 0 Å². The van der Waals surface area contributed by atoms with Gasteiger partial charge in [-0.25, -0.2) is 0 Å². The Morgan fingerprint density at radius 3 is 2.31 bits per heavy atom. The maximum Gasteiger partial charge on any atom is 0.416 e. The normalized spacial score (nSPS) is 17.0. The molecule has 1 fully saturated rings. The molecule has 0 spiro atoms. The summed E-state index contributed by atoms with van der Waals surface area (Å²) >= 11 is 7.42. The molecule has 3 aromatic carbocycles. The fourth-order valence-electron chi connectivity index (χ4n) is 4.70. The molecule has 3 aromatic rings. The zero-order valence-electron chi connectivity index (χ0n) is 21.3. The average Bonchev–Trinajstić information content (AvgIpc) is 2.92. The van der Waals surface area contributed by atoms with Crippen molar-refractivity contribution in [1.82, 2.24) is 4.90 Å². The van der Waals surface area contributed by atoms with Crippen LogP contribution in [-0.2, 0) is 11.0 Å². The van der Waals surface area contributed by atoms with Gasteiger partial charge in [-0.05, 0) is 66.6 Å². The van der Waals surface area contributed by atoms with Crippen LogP contribution in [0, 0.1) is 6.92 Å². The summed E-state index contributed by atoms with van der Waals surface area (Å²) in [6.07, 6.45) is -2.84. The van der Waals surface area contributed by atoms with E-state index in [0.29, 0.717) is 52.9 Å². The van der Waals surface area contributed by atoms with Gasteiger partial charge in [0.25, 0.3) is 11.8 Å². The molecule has 0 aliphatic carbocycles. The first kappa shape index (κ1) is 27.1. The van der Waals surface area contributed by atoms with Crippen LogP contribution in [0.25, 0.3) is 6.08 Å². The van der Waals surface area contributed by atoms with Crippen molar-refractivity contribution in [3.8, 4) is 0 Å². The molecule has 2 aliphatic rings. The van der Waals surface area contributed by atoms with Crippen LogP contribution in [-0.4, -0.2) is 49.9 Å². The zero-order valence-corrected chi connectivity index (χ0v) is 22.8. The zero-order chi connectivity index (χ0) is 27.9. The fourth-order valence-corrected chi connectivity index (χ4v) is 5.96.